The van der Waals surface area contributed by atoms with Crippen LogP contribution in [-0.2, 0) is 19.1 Å². The maximum absolute atomic E-state index is 13.4. The predicted molar refractivity (Wildman–Crippen MR) is 196 cm³/mol. The fourth-order valence-electron chi connectivity index (χ4n) is 6.42. The highest BCUT2D eigenvalue weighted by Gasteiger charge is 2.34. The first kappa shape index (κ1) is 40.8. The van der Waals surface area contributed by atoms with E-state index < -0.39 is 46.5 Å². The number of ether oxygens (including phenoxy) is 4. The van der Waals surface area contributed by atoms with Gasteiger partial charge in [0.05, 0.1) is 43.3 Å². The van der Waals surface area contributed by atoms with E-state index in [9.17, 15) is 19.2 Å². The molecule has 0 amide bonds. The molecule has 4 rings (SSSR count). The van der Waals surface area contributed by atoms with Gasteiger partial charge in [0.2, 0.25) is 0 Å². The molecule has 0 unspecified atom stereocenters. The van der Waals surface area contributed by atoms with E-state index in [1.807, 2.05) is 13.8 Å². The van der Waals surface area contributed by atoms with Crippen LogP contribution in [0.3, 0.4) is 0 Å². The lowest BCUT2D eigenvalue weighted by atomic mass is 9.78. The molecule has 0 N–H and O–H groups in total. The van der Waals surface area contributed by atoms with Gasteiger partial charge in [-0.15, -0.1) is 0 Å². The number of halogens is 6. The average Bonchev–Trinajstić information content (AvgIpc) is 3.04. The molecule has 8 nitrogen and oxygen atoms in total. The van der Waals surface area contributed by atoms with Crippen molar-refractivity contribution in [2.24, 2.45) is 10.8 Å². The first-order valence-corrected chi connectivity index (χ1v) is 19.0. The Morgan fingerprint density at radius 1 is 0.520 bits per heavy atom. The summed E-state index contributed by atoms with van der Waals surface area (Å²) in [5.41, 5.74) is -1.43. The van der Waals surface area contributed by atoms with E-state index in [2.05, 4.69) is 0 Å². The molecule has 14 heteroatoms. The highest BCUT2D eigenvalue weighted by molar-refractivity contribution is 6.47. The average molecular weight is 813 g/mol. The zero-order chi connectivity index (χ0) is 36.6. The van der Waals surface area contributed by atoms with Gasteiger partial charge in [-0.2, -0.15) is 0 Å². The van der Waals surface area contributed by atoms with Gasteiger partial charge in [0.1, 0.15) is 11.1 Å². The molecular formula is C36H40Cl6O8. The summed E-state index contributed by atoms with van der Waals surface area (Å²) in [6.07, 6.45) is 14.2. The summed E-state index contributed by atoms with van der Waals surface area (Å²) < 4.78 is 21.9. The molecule has 2 aliphatic rings. The molecule has 0 aromatic heterocycles. The quantitative estimate of drug-likeness (QED) is 0.112. The van der Waals surface area contributed by atoms with Crippen molar-refractivity contribution in [1.29, 1.82) is 0 Å². The number of rotatable bonds is 8. The van der Waals surface area contributed by atoms with E-state index in [-0.39, 0.29) is 54.2 Å². The molecule has 2 aromatic rings. The van der Waals surface area contributed by atoms with Gasteiger partial charge >= 0.3 is 23.9 Å². The van der Waals surface area contributed by atoms with Crippen LogP contribution >= 0.6 is 69.6 Å². The summed E-state index contributed by atoms with van der Waals surface area (Å²) in [7, 11) is 0. The fourth-order valence-corrected chi connectivity index (χ4v) is 7.86. The summed E-state index contributed by atoms with van der Waals surface area (Å²) in [4.78, 5) is 53.1. The third-order valence-corrected chi connectivity index (χ3v) is 11.6. The van der Waals surface area contributed by atoms with E-state index in [0.717, 1.165) is 89.2 Å². The zero-order valence-corrected chi connectivity index (χ0v) is 32.5. The molecule has 2 aromatic carbocycles. The van der Waals surface area contributed by atoms with E-state index in [1.54, 1.807) is 0 Å². The number of carbonyl (C=O) groups is 4. The Kier molecular flexibility index (Phi) is 14.9. The second-order valence-electron chi connectivity index (χ2n) is 13.8. The Balaban J connectivity index is 1.53. The second kappa shape index (κ2) is 18.2. The van der Waals surface area contributed by atoms with Gasteiger partial charge in [0.25, 0.3) is 0 Å². The van der Waals surface area contributed by atoms with E-state index >= 15 is 0 Å². The highest BCUT2D eigenvalue weighted by atomic mass is 35.5. The Morgan fingerprint density at radius 2 is 0.820 bits per heavy atom. The van der Waals surface area contributed by atoms with Gasteiger partial charge in [-0.3, -0.25) is 0 Å². The Hall–Kier alpha value is -1.94. The molecule has 2 saturated carbocycles. The van der Waals surface area contributed by atoms with Gasteiger partial charge in [0, 0.05) is 10.8 Å². The molecule has 0 heterocycles. The number of hydrogen-bond donors (Lipinski definition) is 0. The van der Waals surface area contributed by atoms with Crippen molar-refractivity contribution in [2.45, 2.75) is 104 Å². The van der Waals surface area contributed by atoms with Crippen LogP contribution in [0.4, 0.5) is 0 Å². The summed E-state index contributed by atoms with van der Waals surface area (Å²) in [5.74, 6) is -6.29. The molecule has 0 atom stereocenters. The lowest BCUT2D eigenvalue weighted by Crippen LogP contribution is -2.29. The number of hydrogen-bond acceptors (Lipinski definition) is 8. The molecule has 50 heavy (non-hydrogen) atoms. The van der Waals surface area contributed by atoms with Crippen molar-refractivity contribution in [3.05, 3.63) is 53.4 Å². The molecule has 2 fully saturated rings. The van der Waals surface area contributed by atoms with Crippen molar-refractivity contribution < 1.29 is 38.1 Å². The van der Waals surface area contributed by atoms with Crippen LogP contribution in [0.1, 0.15) is 124 Å². The normalized spacial score (nSPS) is 17.7. The van der Waals surface area contributed by atoms with Crippen molar-refractivity contribution in [1.82, 2.24) is 0 Å². The van der Waals surface area contributed by atoms with Crippen LogP contribution < -0.4 is 9.47 Å². The van der Waals surface area contributed by atoms with Crippen molar-refractivity contribution in [2.75, 3.05) is 13.2 Å². The SMILES string of the molecule is CC1(COC(=O)c2c(Cl)c(Cl)cc(Cl)c2OC(=O)C(=O)Oc2c(Cl)cc(Cl)c(Cl)c2C(=O)OCC2(C)CCCCCCC2)CCCCCCC1. The van der Waals surface area contributed by atoms with Crippen LogP contribution in [0, 0.1) is 10.8 Å². The summed E-state index contributed by atoms with van der Waals surface area (Å²) in [5, 5.41) is -1.41. The van der Waals surface area contributed by atoms with Crippen LogP contribution in [0.2, 0.25) is 30.1 Å². The van der Waals surface area contributed by atoms with Gasteiger partial charge < -0.3 is 18.9 Å². The van der Waals surface area contributed by atoms with Crippen molar-refractivity contribution >= 4 is 93.5 Å². The molecule has 0 bridgehead atoms. The smallest absolute Gasteiger partial charge is 0.423 e. The summed E-state index contributed by atoms with van der Waals surface area (Å²) in [6.45, 7) is 4.25. The second-order valence-corrected chi connectivity index (χ2v) is 16.2. The Morgan fingerprint density at radius 3 is 1.14 bits per heavy atom. The molecular weight excluding hydrogens is 773 g/mol. The van der Waals surface area contributed by atoms with Crippen LogP contribution in [-0.4, -0.2) is 37.1 Å². The van der Waals surface area contributed by atoms with E-state index in [0.29, 0.717) is 0 Å². The molecule has 0 radical (unpaired) electrons. The zero-order valence-electron chi connectivity index (χ0n) is 28.0. The Labute approximate surface area is 322 Å². The minimum atomic E-state index is -1.63. The number of benzene rings is 2. The van der Waals surface area contributed by atoms with Gasteiger partial charge in [-0.1, -0.05) is 148 Å². The monoisotopic (exact) mass is 810 g/mol. The highest BCUT2D eigenvalue weighted by Crippen LogP contribution is 2.43. The van der Waals surface area contributed by atoms with Crippen LogP contribution in [0.25, 0.3) is 0 Å². The summed E-state index contributed by atoms with van der Waals surface area (Å²) in [6, 6.07) is 2.29. The minimum absolute atomic E-state index is 0.0789. The van der Waals surface area contributed by atoms with Gasteiger partial charge in [-0.25, -0.2) is 19.2 Å². The number of esters is 4. The molecule has 2 aliphatic carbocycles. The Bertz CT molecular complexity index is 1480. The minimum Gasteiger partial charge on any atom is -0.461 e. The molecule has 0 spiro atoms. The topological polar surface area (TPSA) is 105 Å². The lowest BCUT2D eigenvalue weighted by molar-refractivity contribution is -0.156. The third-order valence-electron chi connectivity index (χ3n) is 9.44. The van der Waals surface area contributed by atoms with Crippen LogP contribution in [0.15, 0.2) is 12.1 Å². The first-order chi connectivity index (χ1) is 23.6. The van der Waals surface area contributed by atoms with Gasteiger partial charge in [-0.05, 0) is 37.8 Å². The molecule has 0 aliphatic heterocycles. The predicted octanol–water partition coefficient (Wildman–Crippen LogP) is 11.9. The van der Waals surface area contributed by atoms with E-state index in [4.69, 9.17) is 88.6 Å². The third kappa shape index (κ3) is 10.6. The number of carbonyl (C=O) groups excluding carboxylic acids is 4. The van der Waals surface area contributed by atoms with Gasteiger partial charge in [0.15, 0.2) is 11.5 Å². The standard InChI is InChI=1S/C36H40Cl6O8/c1-35(13-9-5-3-6-10-14-35)19-47-31(43)25-27(41)21(37)17-23(39)29(25)49-33(45)34(46)50-30-24(40)18-22(38)28(42)26(30)32(44)48-20-36(2)15-11-7-4-8-12-16-36/h17-18H,3-16,19-20H2,1-2H3. The van der Waals surface area contributed by atoms with Crippen molar-refractivity contribution in [3.63, 3.8) is 0 Å². The summed E-state index contributed by atoms with van der Waals surface area (Å²) >= 11 is 37.9. The van der Waals surface area contributed by atoms with Crippen LogP contribution in [0.5, 0.6) is 11.5 Å². The molecule has 0 saturated heterocycles. The largest absolute Gasteiger partial charge is 0.461 e. The molecule has 274 valence electrons. The maximum atomic E-state index is 13.4. The lowest BCUT2D eigenvalue weighted by Gasteiger charge is -2.31. The fraction of sp³-hybridized carbons (Fsp3) is 0.556. The first-order valence-electron chi connectivity index (χ1n) is 16.8. The van der Waals surface area contributed by atoms with Crippen molar-refractivity contribution in [3.8, 4) is 11.5 Å². The maximum Gasteiger partial charge on any atom is 0.423 e. The van der Waals surface area contributed by atoms with E-state index in [1.165, 1.54) is 12.8 Å².